The SMILES string of the molecule is COc1ccc(OC)c(C(C)NC(C)c2cc(Br)cs2)c1. The number of nitrogens with one attached hydrogen (secondary N) is 1. The molecule has 1 aromatic carbocycles. The van der Waals surface area contributed by atoms with Gasteiger partial charge in [0.15, 0.2) is 0 Å². The summed E-state index contributed by atoms with van der Waals surface area (Å²) in [5.74, 6) is 1.71. The van der Waals surface area contributed by atoms with Gasteiger partial charge in [-0.15, -0.1) is 11.3 Å². The Kier molecular flexibility index (Phi) is 5.67. The predicted octanol–water partition coefficient (Wildman–Crippen LogP) is 4.94. The molecular weight excluding hydrogens is 350 g/mol. The summed E-state index contributed by atoms with van der Waals surface area (Å²) in [7, 11) is 3.37. The van der Waals surface area contributed by atoms with Gasteiger partial charge in [-0.2, -0.15) is 0 Å². The second-order valence-corrected chi connectivity index (χ2v) is 6.74. The van der Waals surface area contributed by atoms with E-state index in [0.717, 1.165) is 21.5 Å². The zero-order valence-corrected chi connectivity index (χ0v) is 15.0. The van der Waals surface area contributed by atoms with Crippen molar-refractivity contribution in [2.24, 2.45) is 0 Å². The monoisotopic (exact) mass is 369 g/mol. The summed E-state index contributed by atoms with van der Waals surface area (Å²) >= 11 is 5.25. The molecule has 2 rings (SSSR count). The van der Waals surface area contributed by atoms with Gasteiger partial charge in [0.05, 0.1) is 14.2 Å². The maximum atomic E-state index is 5.46. The van der Waals surface area contributed by atoms with E-state index in [2.05, 4.69) is 46.5 Å². The standard InChI is InChI=1S/C16H20BrNO2S/c1-10(18-11(2)16-7-12(17)9-21-16)14-8-13(19-3)5-6-15(14)20-4/h5-11,18H,1-4H3. The Labute approximate surface area is 138 Å². The highest BCUT2D eigenvalue weighted by molar-refractivity contribution is 9.10. The Balaban J connectivity index is 2.17. The molecule has 0 radical (unpaired) electrons. The first kappa shape index (κ1) is 16.3. The second kappa shape index (κ2) is 7.29. The van der Waals surface area contributed by atoms with Crippen LogP contribution in [-0.4, -0.2) is 14.2 Å². The molecule has 2 unspecified atom stereocenters. The predicted molar refractivity (Wildman–Crippen MR) is 91.5 cm³/mol. The maximum absolute atomic E-state index is 5.46. The van der Waals surface area contributed by atoms with Crippen LogP contribution < -0.4 is 14.8 Å². The number of methoxy groups -OCH3 is 2. The lowest BCUT2D eigenvalue weighted by Gasteiger charge is -2.22. The summed E-state index contributed by atoms with van der Waals surface area (Å²) < 4.78 is 11.9. The minimum atomic E-state index is 0.158. The van der Waals surface area contributed by atoms with Crippen molar-refractivity contribution in [1.29, 1.82) is 0 Å². The molecule has 21 heavy (non-hydrogen) atoms. The lowest BCUT2D eigenvalue weighted by molar-refractivity contribution is 0.388. The number of hydrogen-bond acceptors (Lipinski definition) is 4. The van der Waals surface area contributed by atoms with Crippen LogP contribution in [0.1, 0.15) is 36.4 Å². The van der Waals surface area contributed by atoms with Crippen LogP contribution >= 0.6 is 27.3 Å². The van der Waals surface area contributed by atoms with E-state index >= 15 is 0 Å². The average Bonchev–Trinajstić information content (AvgIpc) is 2.93. The average molecular weight is 370 g/mol. The molecule has 0 spiro atoms. The van der Waals surface area contributed by atoms with Crippen LogP contribution in [-0.2, 0) is 0 Å². The van der Waals surface area contributed by atoms with Crippen molar-refractivity contribution in [2.45, 2.75) is 25.9 Å². The molecule has 0 aliphatic rings. The molecule has 0 saturated carbocycles. The Morgan fingerprint density at radius 1 is 1.10 bits per heavy atom. The third kappa shape index (κ3) is 3.99. The summed E-state index contributed by atoms with van der Waals surface area (Å²) in [6, 6.07) is 8.46. The zero-order chi connectivity index (χ0) is 15.4. The third-order valence-corrected chi connectivity index (χ3v) is 5.29. The van der Waals surface area contributed by atoms with Crippen molar-refractivity contribution in [3.05, 3.63) is 44.6 Å². The largest absolute Gasteiger partial charge is 0.497 e. The van der Waals surface area contributed by atoms with Gasteiger partial charge in [0.25, 0.3) is 0 Å². The van der Waals surface area contributed by atoms with Crippen LogP contribution in [0.3, 0.4) is 0 Å². The van der Waals surface area contributed by atoms with Crippen LogP contribution in [0.25, 0.3) is 0 Å². The number of halogens is 1. The van der Waals surface area contributed by atoms with E-state index in [1.54, 1.807) is 25.6 Å². The van der Waals surface area contributed by atoms with Crippen LogP contribution in [0.4, 0.5) is 0 Å². The molecule has 1 heterocycles. The number of thiophene rings is 1. The molecule has 0 aliphatic carbocycles. The molecule has 5 heteroatoms. The van der Waals surface area contributed by atoms with Gasteiger partial charge in [0.1, 0.15) is 11.5 Å². The number of hydrogen-bond donors (Lipinski definition) is 1. The molecule has 0 aliphatic heterocycles. The summed E-state index contributed by atoms with van der Waals surface area (Å²) in [5, 5.41) is 5.71. The molecule has 114 valence electrons. The van der Waals surface area contributed by atoms with Gasteiger partial charge in [0.2, 0.25) is 0 Å². The first-order valence-corrected chi connectivity index (χ1v) is 8.44. The fourth-order valence-electron chi connectivity index (χ4n) is 2.28. The highest BCUT2D eigenvalue weighted by Gasteiger charge is 2.16. The normalized spacial score (nSPS) is 13.8. The molecule has 1 N–H and O–H groups in total. The quantitative estimate of drug-likeness (QED) is 0.781. The summed E-state index contributed by atoms with van der Waals surface area (Å²) in [6.07, 6.45) is 0. The van der Waals surface area contributed by atoms with Gasteiger partial charge in [-0.05, 0) is 54.0 Å². The summed E-state index contributed by atoms with van der Waals surface area (Å²) in [5.41, 5.74) is 1.10. The Morgan fingerprint density at radius 3 is 2.43 bits per heavy atom. The van der Waals surface area contributed by atoms with Crippen molar-refractivity contribution >= 4 is 27.3 Å². The fourth-order valence-corrected chi connectivity index (χ4v) is 3.74. The minimum Gasteiger partial charge on any atom is -0.497 e. The van der Waals surface area contributed by atoms with E-state index in [1.165, 1.54) is 4.88 Å². The van der Waals surface area contributed by atoms with Gasteiger partial charge in [-0.1, -0.05) is 0 Å². The van der Waals surface area contributed by atoms with Crippen LogP contribution in [0, 0.1) is 0 Å². The highest BCUT2D eigenvalue weighted by atomic mass is 79.9. The van der Waals surface area contributed by atoms with Crippen molar-refractivity contribution in [3.8, 4) is 11.5 Å². The number of ether oxygens (including phenoxy) is 2. The van der Waals surface area contributed by atoms with Gasteiger partial charge in [-0.3, -0.25) is 0 Å². The van der Waals surface area contributed by atoms with Crippen LogP contribution in [0.2, 0.25) is 0 Å². The molecule has 0 amide bonds. The molecule has 1 aromatic heterocycles. The Morgan fingerprint density at radius 2 is 1.86 bits per heavy atom. The molecule has 0 fully saturated rings. The van der Waals surface area contributed by atoms with E-state index in [9.17, 15) is 0 Å². The minimum absolute atomic E-state index is 0.158. The van der Waals surface area contributed by atoms with E-state index in [-0.39, 0.29) is 12.1 Å². The first-order chi connectivity index (χ1) is 10.0. The lowest BCUT2D eigenvalue weighted by Crippen LogP contribution is -2.22. The van der Waals surface area contributed by atoms with E-state index in [4.69, 9.17) is 9.47 Å². The van der Waals surface area contributed by atoms with E-state index in [0.29, 0.717) is 0 Å². The topological polar surface area (TPSA) is 30.5 Å². The number of rotatable bonds is 6. The molecule has 0 bridgehead atoms. The highest BCUT2D eigenvalue weighted by Crippen LogP contribution is 2.32. The van der Waals surface area contributed by atoms with E-state index in [1.807, 2.05) is 18.2 Å². The van der Waals surface area contributed by atoms with Crippen LogP contribution in [0.15, 0.2) is 34.1 Å². The van der Waals surface area contributed by atoms with Gasteiger partial charge in [-0.25, -0.2) is 0 Å². The molecular formula is C16H20BrNO2S. The van der Waals surface area contributed by atoms with Crippen LogP contribution in [0.5, 0.6) is 11.5 Å². The Hall–Kier alpha value is -1.04. The first-order valence-electron chi connectivity index (χ1n) is 6.77. The lowest BCUT2D eigenvalue weighted by atomic mass is 10.1. The molecule has 3 nitrogen and oxygen atoms in total. The third-order valence-electron chi connectivity index (χ3n) is 3.42. The van der Waals surface area contributed by atoms with Gasteiger partial charge < -0.3 is 14.8 Å². The van der Waals surface area contributed by atoms with Crippen molar-refractivity contribution in [2.75, 3.05) is 14.2 Å². The van der Waals surface area contributed by atoms with Crippen molar-refractivity contribution < 1.29 is 9.47 Å². The maximum Gasteiger partial charge on any atom is 0.123 e. The van der Waals surface area contributed by atoms with Crippen molar-refractivity contribution in [1.82, 2.24) is 5.32 Å². The van der Waals surface area contributed by atoms with Gasteiger partial charge >= 0.3 is 0 Å². The molecule has 2 atom stereocenters. The molecule has 0 saturated heterocycles. The van der Waals surface area contributed by atoms with E-state index < -0.39 is 0 Å². The van der Waals surface area contributed by atoms with Gasteiger partial charge in [0, 0.05) is 32.4 Å². The zero-order valence-electron chi connectivity index (χ0n) is 12.6. The smallest absolute Gasteiger partial charge is 0.123 e. The fraction of sp³-hybridized carbons (Fsp3) is 0.375. The molecule has 2 aromatic rings. The van der Waals surface area contributed by atoms with Crippen molar-refractivity contribution in [3.63, 3.8) is 0 Å². The summed E-state index contributed by atoms with van der Waals surface area (Å²) in [4.78, 5) is 1.30. The number of benzene rings is 1. The summed E-state index contributed by atoms with van der Waals surface area (Å²) in [6.45, 7) is 4.30. The second-order valence-electron chi connectivity index (χ2n) is 4.89. The Bertz CT molecular complexity index is 600.